The maximum Gasteiger partial charge on any atom is 0.337 e. The lowest BCUT2D eigenvalue weighted by Gasteiger charge is -2.00. The van der Waals surface area contributed by atoms with Crippen molar-refractivity contribution in [3.8, 4) is 27.6 Å². The predicted octanol–water partition coefficient (Wildman–Crippen LogP) is 6.07. The number of nitro benzene ring substituents is 1. The first-order valence-corrected chi connectivity index (χ1v) is 12.0. The van der Waals surface area contributed by atoms with Crippen LogP contribution in [0.3, 0.4) is 0 Å². The van der Waals surface area contributed by atoms with Crippen molar-refractivity contribution in [3.05, 3.63) is 110 Å². The average molecular weight is 527 g/mol. The van der Waals surface area contributed by atoms with Crippen molar-refractivity contribution in [3.63, 3.8) is 0 Å². The number of thiazole rings is 1. The molecule has 0 saturated heterocycles. The number of rotatable bonds is 7. The number of esters is 1. The number of nitro groups is 1. The molecule has 0 bridgehead atoms. The number of non-ortho nitro benzene ring substituents is 1. The van der Waals surface area contributed by atoms with E-state index in [2.05, 4.69) is 20.3 Å². The van der Waals surface area contributed by atoms with Gasteiger partial charge in [-0.15, -0.1) is 16.5 Å². The predicted molar refractivity (Wildman–Crippen MR) is 142 cm³/mol. The van der Waals surface area contributed by atoms with Crippen LogP contribution in [0.4, 0.5) is 17.1 Å². The largest absolute Gasteiger partial charge is 0.465 e. The first kappa shape index (κ1) is 24.5. The van der Waals surface area contributed by atoms with Gasteiger partial charge in [-0.05, 0) is 36.4 Å². The van der Waals surface area contributed by atoms with E-state index in [-0.39, 0.29) is 11.4 Å². The molecule has 11 nitrogen and oxygen atoms in total. The van der Waals surface area contributed by atoms with Gasteiger partial charge in [0.25, 0.3) is 5.69 Å². The maximum atomic E-state index is 13.5. The van der Waals surface area contributed by atoms with E-state index in [1.54, 1.807) is 12.1 Å². The minimum absolute atomic E-state index is 0.00708. The van der Waals surface area contributed by atoms with Crippen molar-refractivity contribution in [2.75, 3.05) is 7.11 Å². The molecule has 0 amide bonds. The molecule has 0 radical (unpaired) electrons. The Kier molecular flexibility index (Phi) is 6.70. The summed E-state index contributed by atoms with van der Waals surface area (Å²) in [7, 11) is 1.29. The van der Waals surface area contributed by atoms with E-state index in [1.165, 1.54) is 59.5 Å². The lowest BCUT2D eigenvalue weighted by molar-refractivity contribution is -0.384. The highest BCUT2D eigenvalue weighted by atomic mass is 32.1. The van der Waals surface area contributed by atoms with E-state index in [0.29, 0.717) is 33.3 Å². The standard InChI is InChI=1S/C26H18N6O5S/c1-37-25(34)18-7-11-19(12-8-18)28-29-23-22(17-9-13-20(14-10-17)32(35)36)30-31(24(23)33)26-27-21(15-38-26)16-5-3-2-4-6-16/h2-15,30H,1H3. The number of hydrogen-bond donors (Lipinski definition) is 1. The van der Waals surface area contributed by atoms with Crippen LogP contribution in [0.5, 0.6) is 0 Å². The smallest absolute Gasteiger partial charge is 0.337 e. The zero-order valence-electron chi connectivity index (χ0n) is 19.8. The number of carbonyl (C=O) groups excluding carboxylic acids is 1. The molecule has 2 aromatic heterocycles. The number of nitrogens with zero attached hydrogens (tertiary/aromatic N) is 5. The number of benzene rings is 3. The van der Waals surface area contributed by atoms with Gasteiger partial charge < -0.3 is 4.74 Å². The summed E-state index contributed by atoms with van der Waals surface area (Å²) in [5.74, 6) is -0.485. The second kappa shape index (κ2) is 10.4. The van der Waals surface area contributed by atoms with Crippen molar-refractivity contribution in [1.29, 1.82) is 0 Å². The van der Waals surface area contributed by atoms with Crippen molar-refractivity contribution >= 4 is 34.4 Å². The van der Waals surface area contributed by atoms with Crippen LogP contribution < -0.4 is 5.56 Å². The van der Waals surface area contributed by atoms with E-state index in [9.17, 15) is 19.7 Å². The molecule has 0 aliphatic carbocycles. The van der Waals surface area contributed by atoms with Gasteiger partial charge >= 0.3 is 11.5 Å². The lowest BCUT2D eigenvalue weighted by atomic mass is 10.1. The molecule has 5 aromatic rings. The van der Waals surface area contributed by atoms with Crippen LogP contribution >= 0.6 is 11.3 Å². The second-order valence-electron chi connectivity index (χ2n) is 7.90. The fourth-order valence-electron chi connectivity index (χ4n) is 3.61. The fourth-order valence-corrected chi connectivity index (χ4v) is 4.40. The van der Waals surface area contributed by atoms with Crippen molar-refractivity contribution in [1.82, 2.24) is 14.8 Å². The van der Waals surface area contributed by atoms with Crippen molar-refractivity contribution in [2.24, 2.45) is 10.2 Å². The summed E-state index contributed by atoms with van der Waals surface area (Å²) < 4.78 is 5.96. The van der Waals surface area contributed by atoms with Gasteiger partial charge in [-0.3, -0.25) is 20.0 Å². The molecule has 0 aliphatic heterocycles. The minimum Gasteiger partial charge on any atom is -0.465 e. The Bertz CT molecular complexity index is 1700. The van der Waals surface area contributed by atoms with E-state index >= 15 is 0 Å². The molecule has 38 heavy (non-hydrogen) atoms. The van der Waals surface area contributed by atoms with Crippen LogP contribution in [0, 0.1) is 10.1 Å². The Labute approximate surface area is 218 Å². The molecular weight excluding hydrogens is 508 g/mol. The molecule has 0 unspecified atom stereocenters. The van der Waals surface area contributed by atoms with Crippen LogP contribution in [0.2, 0.25) is 0 Å². The van der Waals surface area contributed by atoms with Gasteiger partial charge in [0.15, 0.2) is 5.69 Å². The Morgan fingerprint density at radius 1 is 1.00 bits per heavy atom. The Morgan fingerprint density at radius 2 is 1.71 bits per heavy atom. The van der Waals surface area contributed by atoms with Crippen molar-refractivity contribution in [2.45, 2.75) is 0 Å². The number of H-pyrrole nitrogens is 1. The molecule has 0 atom stereocenters. The van der Waals surface area contributed by atoms with Crippen LogP contribution in [-0.4, -0.2) is 32.8 Å². The van der Waals surface area contributed by atoms with Crippen LogP contribution in [0.1, 0.15) is 10.4 Å². The van der Waals surface area contributed by atoms with E-state index in [1.807, 2.05) is 35.7 Å². The zero-order chi connectivity index (χ0) is 26.6. The van der Waals surface area contributed by atoms with E-state index < -0.39 is 16.5 Å². The molecule has 0 fully saturated rings. The highest BCUT2D eigenvalue weighted by Crippen LogP contribution is 2.31. The molecule has 1 N–H and O–H groups in total. The number of carbonyl (C=O) groups is 1. The highest BCUT2D eigenvalue weighted by molar-refractivity contribution is 7.12. The SMILES string of the molecule is COC(=O)c1ccc(N=Nc2c(-c3ccc([N+](=O)[O-])cc3)[nH]n(-c3nc(-c4ccccc4)cs3)c2=O)cc1. The summed E-state index contributed by atoms with van der Waals surface area (Å²) in [6, 6.07) is 21.5. The van der Waals surface area contributed by atoms with Crippen LogP contribution in [0.25, 0.3) is 27.6 Å². The minimum atomic E-state index is -0.503. The lowest BCUT2D eigenvalue weighted by Crippen LogP contribution is -2.13. The van der Waals surface area contributed by atoms with Gasteiger partial charge in [-0.25, -0.2) is 9.78 Å². The number of nitrogens with one attached hydrogen (secondary N) is 1. The summed E-state index contributed by atoms with van der Waals surface area (Å²) in [5, 5.41) is 24.7. The number of ether oxygens (including phenoxy) is 1. The average Bonchev–Trinajstić information content (AvgIpc) is 3.57. The van der Waals surface area contributed by atoms with Gasteiger partial charge in [0.1, 0.15) is 0 Å². The molecule has 12 heteroatoms. The summed E-state index contributed by atoms with van der Waals surface area (Å²) >= 11 is 1.27. The van der Waals surface area contributed by atoms with Crippen LogP contribution in [0.15, 0.2) is 99.3 Å². The topological polar surface area (TPSA) is 145 Å². The van der Waals surface area contributed by atoms with E-state index in [4.69, 9.17) is 4.74 Å². The van der Waals surface area contributed by atoms with Gasteiger partial charge in [-0.1, -0.05) is 30.3 Å². The van der Waals surface area contributed by atoms with Crippen LogP contribution in [-0.2, 0) is 4.74 Å². The van der Waals surface area contributed by atoms with Gasteiger partial charge in [0.05, 0.1) is 34.7 Å². The number of methoxy groups -OCH3 is 1. The number of aromatic amines is 1. The molecule has 5 rings (SSSR count). The Balaban J connectivity index is 1.57. The first-order valence-electron chi connectivity index (χ1n) is 11.2. The quantitative estimate of drug-likeness (QED) is 0.118. The molecule has 0 saturated carbocycles. The summed E-state index contributed by atoms with van der Waals surface area (Å²) in [5.41, 5.74) is 2.59. The maximum absolute atomic E-state index is 13.5. The second-order valence-corrected chi connectivity index (χ2v) is 8.74. The molecule has 188 valence electrons. The number of azo groups is 1. The molecular formula is C26H18N6O5S. The number of hydrogen-bond acceptors (Lipinski definition) is 9. The summed E-state index contributed by atoms with van der Waals surface area (Å²) in [6.07, 6.45) is 0. The molecule has 2 heterocycles. The normalized spacial score (nSPS) is 11.1. The molecule has 3 aromatic carbocycles. The third kappa shape index (κ3) is 4.88. The Morgan fingerprint density at radius 3 is 2.37 bits per heavy atom. The fraction of sp³-hybridized carbons (Fsp3) is 0.0385. The van der Waals surface area contributed by atoms with Gasteiger partial charge in [0.2, 0.25) is 5.13 Å². The van der Waals surface area contributed by atoms with Crippen molar-refractivity contribution < 1.29 is 14.5 Å². The third-order valence-electron chi connectivity index (χ3n) is 5.54. The van der Waals surface area contributed by atoms with Gasteiger partial charge in [-0.2, -0.15) is 9.80 Å². The number of aromatic nitrogens is 3. The summed E-state index contributed by atoms with van der Waals surface area (Å²) in [6.45, 7) is 0. The Hall–Kier alpha value is -5.23. The third-order valence-corrected chi connectivity index (χ3v) is 6.37. The summed E-state index contributed by atoms with van der Waals surface area (Å²) in [4.78, 5) is 40.3. The van der Waals surface area contributed by atoms with Gasteiger partial charge in [0, 0.05) is 28.6 Å². The monoisotopic (exact) mass is 526 g/mol. The highest BCUT2D eigenvalue weighted by Gasteiger charge is 2.20. The molecule has 0 aliphatic rings. The van der Waals surface area contributed by atoms with E-state index in [0.717, 1.165) is 5.56 Å². The first-order chi connectivity index (χ1) is 18.4. The zero-order valence-corrected chi connectivity index (χ0v) is 20.6. The molecule has 0 spiro atoms.